The molecule has 10 nitrogen and oxygen atoms in total. The van der Waals surface area contributed by atoms with E-state index in [4.69, 9.17) is 14.7 Å². The molecule has 40 heavy (non-hydrogen) atoms. The summed E-state index contributed by atoms with van der Waals surface area (Å²) in [5.41, 5.74) is 4.60. The van der Waals surface area contributed by atoms with Crippen LogP contribution < -0.4 is 4.74 Å². The van der Waals surface area contributed by atoms with E-state index >= 15 is 0 Å². The van der Waals surface area contributed by atoms with Gasteiger partial charge in [-0.05, 0) is 48.5 Å². The molecule has 1 saturated heterocycles. The minimum absolute atomic E-state index is 0.0761. The quantitative estimate of drug-likeness (QED) is 0.312. The van der Waals surface area contributed by atoms with Crippen LogP contribution in [0.15, 0.2) is 72.9 Å². The number of nitrogens with zero attached hydrogens (tertiary/aromatic N) is 4. The third-order valence-electron chi connectivity index (χ3n) is 7.10. The summed E-state index contributed by atoms with van der Waals surface area (Å²) in [6, 6.07) is 21.7. The Labute approximate surface area is 227 Å². The first kappa shape index (κ1) is 23.7. The van der Waals surface area contributed by atoms with Gasteiger partial charge in [-0.15, -0.1) is 0 Å². The zero-order valence-corrected chi connectivity index (χ0v) is 21.2. The van der Waals surface area contributed by atoms with Crippen molar-refractivity contribution >= 4 is 39.3 Å². The number of aromatic amines is 2. The van der Waals surface area contributed by atoms with Crippen molar-refractivity contribution in [2.24, 2.45) is 0 Å². The van der Waals surface area contributed by atoms with Crippen molar-refractivity contribution in [1.29, 1.82) is 5.26 Å². The van der Waals surface area contributed by atoms with E-state index in [0.29, 0.717) is 76.7 Å². The van der Waals surface area contributed by atoms with Crippen LogP contribution in [-0.4, -0.2) is 62.5 Å². The minimum atomic E-state index is -0.243. The summed E-state index contributed by atoms with van der Waals surface area (Å²) in [5.74, 6) is 0.809. The molecule has 3 aromatic carbocycles. The molecule has 7 rings (SSSR count). The van der Waals surface area contributed by atoms with Crippen LogP contribution in [0.3, 0.4) is 0 Å². The Balaban J connectivity index is 1.21. The van der Waals surface area contributed by atoms with Crippen molar-refractivity contribution in [2.45, 2.75) is 0 Å². The van der Waals surface area contributed by atoms with Crippen molar-refractivity contribution in [3.8, 4) is 17.6 Å². The molecule has 2 N–H and O–H groups in total. The SMILES string of the molecule is N#Cc1cccc(Oc2ccc3c(c2)[nH]c2c(C(=O)c4cc5c(C(=O)N6CCOCC6)cccc5[nH]4)cnn23)c1. The van der Waals surface area contributed by atoms with E-state index in [0.717, 1.165) is 11.0 Å². The molecule has 3 aromatic heterocycles. The molecule has 0 unspecified atom stereocenters. The van der Waals surface area contributed by atoms with Crippen molar-refractivity contribution in [1.82, 2.24) is 24.5 Å². The predicted octanol–water partition coefficient (Wildman–Crippen LogP) is 4.66. The maximum Gasteiger partial charge on any atom is 0.254 e. The van der Waals surface area contributed by atoms with E-state index in [1.165, 1.54) is 6.20 Å². The molecule has 6 aromatic rings. The van der Waals surface area contributed by atoms with Gasteiger partial charge in [0.15, 0.2) is 0 Å². The van der Waals surface area contributed by atoms with Gasteiger partial charge in [0, 0.05) is 35.6 Å². The van der Waals surface area contributed by atoms with Crippen molar-refractivity contribution in [3.05, 3.63) is 95.3 Å². The number of rotatable bonds is 5. The predicted molar refractivity (Wildman–Crippen MR) is 147 cm³/mol. The molecule has 196 valence electrons. The lowest BCUT2D eigenvalue weighted by atomic mass is 10.1. The van der Waals surface area contributed by atoms with Gasteiger partial charge >= 0.3 is 0 Å². The third-order valence-corrected chi connectivity index (χ3v) is 7.10. The van der Waals surface area contributed by atoms with Crippen LogP contribution in [0.2, 0.25) is 0 Å². The van der Waals surface area contributed by atoms with Gasteiger partial charge in [0.05, 0.1) is 53.3 Å². The number of H-pyrrole nitrogens is 2. The Morgan fingerprint density at radius 2 is 1.75 bits per heavy atom. The van der Waals surface area contributed by atoms with Gasteiger partial charge in [0.25, 0.3) is 5.91 Å². The number of morpholine rings is 1. The van der Waals surface area contributed by atoms with Gasteiger partial charge < -0.3 is 24.3 Å². The summed E-state index contributed by atoms with van der Waals surface area (Å²) in [6.07, 6.45) is 1.54. The second-order valence-corrected chi connectivity index (χ2v) is 9.55. The molecular formula is C30H22N6O4. The second-order valence-electron chi connectivity index (χ2n) is 9.55. The zero-order valence-electron chi connectivity index (χ0n) is 21.2. The highest BCUT2D eigenvalue weighted by atomic mass is 16.5. The highest BCUT2D eigenvalue weighted by molar-refractivity contribution is 6.15. The van der Waals surface area contributed by atoms with Crippen molar-refractivity contribution in [2.75, 3.05) is 26.3 Å². The van der Waals surface area contributed by atoms with Crippen molar-refractivity contribution < 1.29 is 19.1 Å². The molecule has 0 atom stereocenters. The van der Waals surface area contributed by atoms with Crippen LogP contribution in [0, 0.1) is 11.3 Å². The number of ketones is 1. The first-order valence-electron chi connectivity index (χ1n) is 12.8. The molecule has 0 spiro atoms. The number of carbonyl (C=O) groups is 2. The molecule has 10 heteroatoms. The lowest BCUT2D eigenvalue weighted by molar-refractivity contribution is 0.0304. The average molecular weight is 531 g/mol. The number of nitriles is 1. The number of aromatic nitrogens is 4. The molecule has 1 aliphatic rings. The highest BCUT2D eigenvalue weighted by Crippen LogP contribution is 2.29. The Bertz CT molecular complexity index is 1990. The first-order chi connectivity index (χ1) is 19.6. The van der Waals surface area contributed by atoms with Crippen LogP contribution in [-0.2, 0) is 4.74 Å². The first-order valence-corrected chi connectivity index (χ1v) is 12.8. The summed E-state index contributed by atoms with van der Waals surface area (Å²) < 4.78 is 13.0. The standard InChI is InChI=1S/C30H22N6O4/c31-16-18-3-1-4-19(13-18)40-20-7-8-27-25(14-20)34-29-23(17-32-36(27)29)28(37)26-15-22-21(5-2-6-24(22)33-26)30(38)35-9-11-39-12-10-35/h1-8,13-15,17,33-34H,9-12H2. The normalized spacial score (nSPS) is 13.6. The van der Waals surface area contributed by atoms with Gasteiger partial charge in [-0.3, -0.25) is 9.59 Å². The van der Waals surface area contributed by atoms with Gasteiger partial charge in [-0.25, -0.2) is 4.52 Å². The van der Waals surface area contributed by atoms with Gasteiger partial charge in [0.2, 0.25) is 5.78 Å². The summed E-state index contributed by atoms with van der Waals surface area (Å²) in [5, 5.41) is 14.3. The number of carbonyl (C=O) groups excluding carboxylic acids is 2. The number of amides is 1. The summed E-state index contributed by atoms with van der Waals surface area (Å²) in [4.78, 5) is 35.1. The highest BCUT2D eigenvalue weighted by Gasteiger charge is 2.24. The number of fused-ring (bicyclic) bond motifs is 4. The maximum atomic E-state index is 13.7. The average Bonchev–Trinajstić information content (AvgIpc) is 3.70. The Kier molecular flexibility index (Phi) is 5.58. The monoisotopic (exact) mass is 530 g/mol. The number of ether oxygens (including phenoxy) is 2. The molecule has 0 aliphatic carbocycles. The Hall–Kier alpha value is -5.40. The fourth-order valence-electron chi connectivity index (χ4n) is 5.12. The Morgan fingerprint density at radius 3 is 2.60 bits per heavy atom. The molecule has 1 amide bonds. The fraction of sp³-hybridized carbons (Fsp3) is 0.133. The lowest BCUT2D eigenvalue weighted by Crippen LogP contribution is -2.40. The zero-order chi connectivity index (χ0) is 27.2. The van der Waals surface area contributed by atoms with Crippen molar-refractivity contribution in [3.63, 3.8) is 0 Å². The Morgan fingerprint density at radius 1 is 0.925 bits per heavy atom. The molecule has 0 bridgehead atoms. The van der Waals surface area contributed by atoms with Crippen LogP contribution in [0.25, 0.3) is 27.6 Å². The van der Waals surface area contributed by atoms with Crippen LogP contribution >= 0.6 is 0 Å². The molecule has 0 saturated carbocycles. The van der Waals surface area contributed by atoms with Gasteiger partial charge in [-0.1, -0.05) is 12.1 Å². The topological polar surface area (TPSA) is 129 Å². The van der Waals surface area contributed by atoms with Gasteiger partial charge in [-0.2, -0.15) is 10.4 Å². The van der Waals surface area contributed by atoms with E-state index in [1.54, 1.807) is 45.8 Å². The molecular weight excluding hydrogens is 508 g/mol. The maximum absolute atomic E-state index is 13.7. The lowest BCUT2D eigenvalue weighted by Gasteiger charge is -2.27. The summed E-state index contributed by atoms with van der Waals surface area (Å²) in [7, 11) is 0. The third kappa shape index (κ3) is 3.97. The van der Waals surface area contributed by atoms with E-state index in [1.807, 2.05) is 30.3 Å². The van der Waals surface area contributed by atoms with E-state index in [-0.39, 0.29) is 11.7 Å². The smallest absolute Gasteiger partial charge is 0.254 e. The summed E-state index contributed by atoms with van der Waals surface area (Å²) in [6.45, 7) is 2.11. The minimum Gasteiger partial charge on any atom is -0.457 e. The fourth-order valence-corrected chi connectivity index (χ4v) is 5.12. The summed E-state index contributed by atoms with van der Waals surface area (Å²) >= 11 is 0. The van der Waals surface area contributed by atoms with E-state index < -0.39 is 0 Å². The molecule has 4 heterocycles. The number of hydrogen-bond acceptors (Lipinski definition) is 6. The molecule has 0 radical (unpaired) electrons. The van der Waals surface area contributed by atoms with Crippen LogP contribution in [0.5, 0.6) is 11.5 Å². The van der Waals surface area contributed by atoms with Gasteiger partial charge in [0.1, 0.15) is 17.1 Å². The molecule has 1 fully saturated rings. The molecule has 1 aliphatic heterocycles. The number of nitrogens with one attached hydrogen (secondary N) is 2. The number of imidazole rings is 1. The largest absolute Gasteiger partial charge is 0.457 e. The van der Waals surface area contributed by atoms with E-state index in [9.17, 15) is 9.59 Å². The number of benzene rings is 3. The van der Waals surface area contributed by atoms with E-state index in [2.05, 4.69) is 21.1 Å². The number of hydrogen-bond donors (Lipinski definition) is 2. The second kappa shape index (κ2) is 9.41. The van der Waals surface area contributed by atoms with Crippen LogP contribution in [0.1, 0.15) is 32.0 Å². The van der Waals surface area contributed by atoms with Crippen LogP contribution in [0.4, 0.5) is 0 Å².